The van der Waals surface area contributed by atoms with Gasteiger partial charge < -0.3 is 4.74 Å². The number of alkyl halides is 2. The Bertz CT molecular complexity index is 512. The summed E-state index contributed by atoms with van der Waals surface area (Å²) in [5.74, 6) is -0.132. The number of ether oxygens (including phenoxy) is 1. The predicted molar refractivity (Wildman–Crippen MR) is 64.6 cm³/mol. The Kier molecular flexibility index (Phi) is 4.35. The molecule has 0 spiro atoms. The van der Waals surface area contributed by atoms with Crippen LogP contribution in [0.5, 0.6) is 0 Å². The summed E-state index contributed by atoms with van der Waals surface area (Å²) >= 11 is 0. The summed E-state index contributed by atoms with van der Waals surface area (Å²) in [6.45, 7) is 0.0139. The van der Waals surface area contributed by atoms with Crippen LogP contribution in [0.15, 0.2) is 12.4 Å². The number of anilines is 1. The van der Waals surface area contributed by atoms with Gasteiger partial charge in [0, 0.05) is 12.8 Å². The number of rotatable bonds is 6. The second-order valence-electron chi connectivity index (χ2n) is 4.36. The first kappa shape index (κ1) is 14.2. The molecule has 2 rings (SSSR count). The van der Waals surface area contributed by atoms with Gasteiger partial charge in [0.2, 0.25) is 10.0 Å². The van der Waals surface area contributed by atoms with Gasteiger partial charge in [-0.3, -0.25) is 9.40 Å². The first-order chi connectivity index (χ1) is 8.94. The second kappa shape index (κ2) is 5.83. The molecule has 1 fully saturated rings. The molecule has 108 valence electrons. The number of nitrogens with one attached hydrogen (secondary N) is 1. The molecule has 1 N–H and O–H groups in total. The van der Waals surface area contributed by atoms with Crippen molar-refractivity contribution in [1.29, 1.82) is 0 Å². The number of halogens is 2. The van der Waals surface area contributed by atoms with E-state index >= 15 is 0 Å². The van der Waals surface area contributed by atoms with Gasteiger partial charge in [-0.25, -0.2) is 17.2 Å². The topological polar surface area (TPSA) is 73.2 Å². The van der Waals surface area contributed by atoms with E-state index in [-0.39, 0.29) is 17.5 Å². The average Bonchev–Trinajstić information content (AvgIpc) is 2.88. The Hall–Kier alpha value is -1.22. The molecule has 1 aliphatic rings. The molecular weight excluding hydrogens is 280 g/mol. The molecule has 1 atom stereocenters. The Morgan fingerprint density at radius 1 is 1.58 bits per heavy atom. The van der Waals surface area contributed by atoms with Crippen LogP contribution >= 0.6 is 0 Å². The summed E-state index contributed by atoms with van der Waals surface area (Å²) in [5.41, 5.74) is 0.179. The third-order valence-electron chi connectivity index (χ3n) is 2.66. The number of nitrogens with zero attached hydrogens (tertiary/aromatic N) is 2. The van der Waals surface area contributed by atoms with Crippen LogP contribution in [0.2, 0.25) is 0 Å². The lowest BCUT2D eigenvalue weighted by Crippen LogP contribution is -2.25. The SMILES string of the molecule is O=S(=O)(CC1CCCO1)Nc1cnn(CC(F)F)c1. The van der Waals surface area contributed by atoms with Gasteiger partial charge in [-0.15, -0.1) is 0 Å². The second-order valence-corrected chi connectivity index (χ2v) is 6.13. The molecule has 1 aromatic rings. The minimum absolute atomic E-state index is 0.132. The standard InChI is InChI=1S/C10H15F2N3O3S/c11-10(12)6-15-5-8(4-13-15)14-19(16,17)7-9-2-1-3-18-9/h4-5,9-10,14H,1-3,6-7H2. The lowest BCUT2D eigenvalue weighted by atomic mass is 10.3. The van der Waals surface area contributed by atoms with Crippen molar-refractivity contribution in [1.82, 2.24) is 9.78 Å². The molecule has 2 heterocycles. The highest BCUT2D eigenvalue weighted by Crippen LogP contribution is 2.16. The van der Waals surface area contributed by atoms with Crippen molar-refractivity contribution in [2.45, 2.75) is 31.9 Å². The average molecular weight is 295 g/mol. The Balaban J connectivity index is 1.93. The molecule has 6 nitrogen and oxygen atoms in total. The molecule has 19 heavy (non-hydrogen) atoms. The predicted octanol–water partition coefficient (Wildman–Crippen LogP) is 1.07. The van der Waals surface area contributed by atoms with E-state index in [1.165, 1.54) is 12.4 Å². The molecule has 1 aromatic heterocycles. The summed E-state index contributed by atoms with van der Waals surface area (Å²) in [6, 6.07) is 0. The highest BCUT2D eigenvalue weighted by atomic mass is 32.2. The Morgan fingerprint density at radius 3 is 3.00 bits per heavy atom. The molecule has 1 aliphatic heterocycles. The number of aromatic nitrogens is 2. The molecule has 1 saturated heterocycles. The van der Waals surface area contributed by atoms with Crippen LogP contribution in [0.25, 0.3) is 0 Å². The van der Waals surface area contributed by atoms with E-state index in [4.69, 9.17) is 4.74 Å². The highest BCUT2D eigenvalue weighted by molar-refractivity contribution is 7.92. The summed E-state index contributed by atoms with van der Waals surface area (Å²) < 4.78 is 56.4. The molecule has 9 heteroatoms. The minimum Gasteiger partial charge on any atom is -0.377 e. The lowest BCUT2D eigenvalue weighted by molar-refractivity contribution is 0.122. The maximum Gasteiger partial charge on any atom is 0.257 e. The zero-order chi connectivity index (χ0) is 13.9. The van der Waals surface area contributed by atoms with Gasteiger partial charge in [0.15, 0.2) is 0 Å². The maximum atomic E-state index is 12.1. The number of sulfonamides is 1. The smallest absolute Gasteiger partial charge is 0.257 e. The third-order valence-corrected chi connectivity index (χ3v) is 4.02. The largest absolute Gasteiger partial charge is 0.377 e. The van der Waals surface area contributed by atoms with Crippen molar-refractivity contribution in [3.05, 3.63) is 12.4 Å². The van der Waals surface area contributed by atoms with Gasteiger partial charge in [0.1, 0.15) is 6.54 Å². The molecule has 0 radical (unpaired) electrons. The molecule has 0 amide bonds. The minimum atomic E-state index is -3.55. The first-order valence-corrected chi connectivity index (χ1v) is 7.52. The van der Waals surface area contributed by atoms with Crippen LogP contribution in [0.3, 0.4) is 0 Å². The van der Waals surface area contributed by atoms with Crippen molar-refractivity contribution >= 4 is 15.7 Å². The van der Waals surface area contributed by atoms with Gasteiger partial charge in [0.25, 0.3) is 6.43 Å². The molecule has 1 unspecified atom stereocenters. The lowest BCUT2D eigenvalue weighted by Gasteiger charge is -2.10. The third kappa shape index (κ3) is 4.43. The van der Waals surface area contributed by atoms with Crippen LogP contribution in [0.1, 0.15) is 12.8 Å². The van der Waals surface area contributed by atoms with Gasteiger partial charge in [-0.1, -0.05) is 0 Å². The van der Waals surface area contributed by atoms with Crippen molar-refractivity contribution in [2.75, 3.05) is 17.1 Å². The van der Waals surface area contributed by atoms with Crippen LogP contribution in [-0.4, -0.2) is 43.1 Å². The van der Waals surface area contributed by atoms with Gasteiger partial charge in [0.05, 0.1) is 23.7 Å². The highest BCUT2D eigenvalue weighted by Gasteiger charge is 2.23. The van der Waals surface area contributed by atoms with Crippen LogP contribution in [0.4, 0.5) is 14.5 Å². The van der Waals surface area contributed by atoms with Gasteiger partial charge in [-0.2, -0.15) is 5.10 Å². The quantitative estimate of drug-likeness (QED) is 0.852. The van der Waals surface area contributed by atoms with Crippen molar-refractivity contribution in [2.24, 2.45) is 0 Å². The van der Waals surface area contributed by atoms with E-state index in [0.29, 0.717) is 13.0 Å². The molecule has 0 aliphatic carbocycles. The molecule has 0 aromatic carbocycles. The first-order valence-electron chi connectivity index (χ1n) is 5.87. The van der Waals surface area contributed by atoms with Crippen LogP contribution in [-0.2, 0) is 21.3 Å². The fourth-order valence-electron chi connectivity index (χ4n) is 1.90. The molecule has 0 saturated carbocycles. The number of hydrogen-bond acceptors (Lipinski definition) is 4. The summed E-state index contributed by atoms with van der Waals surface area (Å²) in [5, 5.41) is 3.65. The van der Waals surface area contributed by atoms with Crippen LogP contribution < -0.4 is 4.72 Å². The Morgan fingerprint density at radius 2 is 2.37 bits per heavy atom. The maximum absolute atomic E-state index is 12.1. The van der Waals surface area contributed by atoms with Crippen molar-refractivity contribution in [3.63, 3.8) is 0 Å². The zero-order valence-electron chi connectivity index (χ0n) is 10.1. The summed E-state index contributed by atoms with van der Waals surface area (Å²) in [6.07, 6.45) is 1.18. The van der Waals surface area contributed by atoms with Crippen molar-refractivity contribution < 1.29 is 21.9 Å². The fourth-order valence-corrected chi connectivity index (χ4v) is 3.20. The number of hydrogen-bond donors (Lipinski definition) is 1. The molecular formula is C10H15F2N3O3S. The van der Waals surface area contributed by atoms with E-state index in [1.54, 1.807) is 0 Å². The van der Waals surface area contributed by atoms with E-state index in [9.17, 15) is 17.2 Å². The van der Waals surface area contributed by atoms with Crippen molar-refractivity contribution in [3.8, 4) is 0 Å². The van der Waals surface area contributed by atoms with Gasteiger partial charge in [-0.05, 0) is 12.8 Å². The summed E-state index contributed by atoms with van der Waals surface area (Å²) in [7, 11) is -3.55. The van der Waals surface area contributed by atoms with Gasteiger partial charge >= 0.3 is 0 Å². The molecule has 0 bridgehead atoms. The monoisotopic (exact) mass is 295 g/mol. The summed E-state index contributed by atoms with van der Waals surface area (Å²) in [4.78, 5) is 0. The van der Waals surface area contributed by atoms with E-state index in [2.05, 4.69) is 9.82 Å². The zero-order valence-corrected chi connectivity index (χ0v) is 10.9. The van der Waals surface area contributed by atoms with E-state index in [1.807, 2.05) is 0 Å². The fraction of sp³-hybridized carbons (Fsp3) is 0.700. The van der Waals surface area contributed by atoms with E-state index < -0.39 is 23.0 Å². The Labute approximate surface area is 109 Å². The van der Waals surface area contributed by atoms with Crippen LogP contribution in [0, 0.1) is 0 Å². The normalized spacial score (nSPS) is 20.1. The van der Waals surface area contributed by atoms with E-state index in [0.717, 1.165) is 11.1 Å².